The Morgan fingerprint density at radius 1 is 1.40 bits per heavy atom. The molecule has 84 valence electrons. The molecule has 3 nitrogen and oxygen atoms in total. The first-order valence-corrected chi connectivity index (χ1v) is 5.16. The van der Waals surface area contributed by atoms with Crippen LogP contribution >= 0.6 is 0 Å². The minimum atomic E-state index is -1.04. The van der Waals surface area contributed by atoms with Gasteiger partial charge in [0.15, 0.2) is 0 Å². The highest BCUT2D eigenvalue weighted by Gasteiger charge is 2.24. The molecule has 0 aromatic heterocycles. The van der Waals surface area contributed by atoms with Gasteiger partial charge in [-0.2, -0.15) is 0 Å². The Bertz CT molecular complexity index is 321. The highest BCUT2D eigenvalue weighted by Crippen LogP contribution is 2.29. The number of benzene rings is 1. The van der Waals surface area contributed by atoms with E-state index in [1.807, 2.05) is 38.1 Å². The van der Waals surface area contributed by atoms with E-state index >= 15 is 0 Å². The van der Waals surface area contributed by atoms with Crippen molar-refractivity contribution in [1.29, 1.82) is 0 Å². The fourth-order valence-corrected chi connectivity index (χ4v) is 1.38. The molecule has 0 spiro atoms. The van der Waals surface area contributed by atoms with Crippen LogP contribution in [0, 0.1) is 0 Å². The maximum absolute atomic E-state index is 10.1. The lowest BCUT2D eigenvalue weighted by molar-refractivity contribution is 0.0619. The zero-order chi connectivity index (χ0) is 11.5. The topological polar surface area (TPSA) is 55.5 Å². The third-order valence-electron chi connectivity index (χ3n) is 2.23. The van der Waals surface area contributed by atoms with Crippen LogP contribution in [-0.2, 0) is 5.60 Å². The summed E-state index contributed by atoms with van der Waals surface area (Å²) < 4.78 is 5.62. The molecule has 0 fully saturated rings. The second kappa shape index (κ2) is 4.64. The number of para-hydroxylation sites is 1. The second-order valence-electron chi connectivity index (χ2n) is 4.14. The van der Waals surface area contributed by atoms with Crippen molar-refractivity contribution in [3.63, 3.8) is 0 Å². The smallest absolute Gasteiger partial charge is 0.125 e. The average Bonchev–Trinajstić information content (AvgIpc) is 2.17. The molecule has 1 aromatic rings. The number of hydrogen-bond donors (Lipinski definition) is 2. The lowest BCUT2D eigenvalue weighted by Crippen LogP contribution is -2.32. The molecular weight excluding hydrogens is 190 g/mol. The summed E-state index contributed by atoms with van der Waals surface area (Å²) >= 11 is 0. The highest BCUT2D eigenvalue weighted by molar-refractivity contribution is 5.37. The molecule has 0 amide bonds. The monoisotopic (exact) mass is 209 g/mol. The van der Waals surface area contributed by atoms with Gasteiger partial charge in [-0.1, -0.05) is 18.2 Å². The van der Waals surface area contributed by atoms with E-state index in [4.69, 9.17) is 10.5 Å². The molecule has 3 N–H and O–H groups in total. The standard InChI is InChI=1S/C12H19NO2/c1-9(2)15-11-7-5-4-6-10(11)12(3,14)8-13/h4-7,9,14H,8,13H2,1-3H3. The van der Waals surface area contributed by atoms with Crippen LogP contribution in [0.3, 0.4) is 0 Å². The molecule has 0 aliphatic rings. The summed E-state index contributed by atoms with van der Waals surface area (Å²) in [6.45, 7) is 5.77. The molecule has 15 heavy (non-hydrogen) atoms. The van der Waals surface area contributed by atoms with Gasteiger partial charge in [0, 0.05) is 12.1 Å². The van der Waals surface area contributed by atoms with E-state index < -0.39 is 5.60 Å². The Morgan fingerprint density at radius 3 is 2.53 bits per heavy atom. The zero-order valence-corrected chi connectivity index (χ0v) is 9.53. The van der Waals surface area contributed by atoms with Crippen LogP contribution in [0.4, 0.5) is 0 Å². The van der Waals surface area contributed by atoms with Crippen molar-refractivity contribution in [3.05, 3.63) is 29.8 Å². The van der Waals surface area contributed by atoms with Gasteiger partial charge in [0.2, 0.25) is 0 Å². The minimum Gasteiger partial charge on any atom is -0.491 e. The SMILES string of the molecule is CC(C)Oc1ccccc1C(C)(O)CN. The summed E-state index contributed by atoms with van der Waals surface area (Å²) in [6.07, 6.45) is 0.0831. The van der Waals surface area contributed by atoms with Gasteiger partial charge in [-0.15, -0.1) is 0 Å². The molecule has 0 saturated carbocycles. The van der Waals surface area contributed by atoms with Crippen molar-refractivity contribution >= 4 is 0 Å². The molecule has 1 aromatic carbocycles. The first kappa shape index (κ1) is 12.0. The van der Waals surface area contributed by atoms with Crippen LogP contribution in [0.5, 0.6) is 5.75 Å². The maximum Gasteiger partial charge on any atom is 0.125 e. The minimum absolute atomic E-state index is 0.0831. The van der Waals surface area contributed by atoms with Crippen molar-refractivity contribution in [2.45, 2.75) is 32.5 Å². The lowest BCUT2D eigenvalue weighted by Gasteiger charge is -2.25. The maximum atomic E-state index is 10.1. The van der Waals surface area contributed by atoms with E-state index in [1.54, 1.807) is 6.92 Å². The molecule has 0 aliphatic heterocycles. The Balaban J connectivity index is 3.06. The predicted octanol–water partition coefficient (Wildman–Crippen LogP) is 1.64. The summed E-state index contributed by atoms with van der Waals surface area (Å²) in [6, 6.07) is 7.44. The number of rotatable bonds is 4. The Hall–Kier alpha value is -1.06. The molecule has 0 heterocycles. The summed E-state index contributed by atoms with van der Waals surface area (Å²) in [5.74, 6) is 0.697. The average molecular weight is 209 g/mol. The van der Waals surface area contributed by atoms with Crippen molar-refractivity contribution in [3.8, 4) is 5.75 Å². The van der Waals surface area contributed by atoms with Crippen molar-refractivity contribution in [2.75, 3.05) is 6.54 Å². The van der Waals surface area contributed by atoms with Crippen LogP contribution in [0.25, 0.3) is 0 Å². The fourth-order valence-electron chi connectivity index (χ4n) is 1.38. The van der Waals surface area contributed by atoms with Crippen molar-refractivity contribution in [1.82, 2.24) is 0 Å². The number of ether oxygens (including phenoxy) is 1. The third kappa shape index (κ3) is 2.94. The lowest BCUT2D eigenvalue weighted by atomic mass is 9.95. The first-order chi connectivity index (χ1) is 6.97. The first-order valence-electron chi connectivity index (χ1n) is 5.16. The molecule has 0 saturated heterocycles. The van der Waals surface area contributed by atoms with Crippen LogP contribution in [0.2, 0.25) is 0 Å². The van der Waals surface area contributed by atoms with E-state index in [0.29, 0.717) is 5.75 Å². The second-order valence-corrected chi connectivity index (χ2v) is 4.14. The summed E-state index contributed by atoms with van der Waals surface area (Å²) in [5, 5.41) is 10.1. The molecule has 0 radical (unpaired) electrons. The summed E-state index contributed by atoms with van der Waals surface area (Å²) in [5.41, 5.74) is 5.23. The molecule has 3 heteroatoms. The van der Waals surface area contributed by atoms with Gasteiger partial charge >= 0.3 is 0 Å². The van der Waals surface area contributed by atoms with Crippen molar-refractivity contribution < 1.29 is 9.84 Å². The van der Waals surface area contributed by atoms with Crippen LogP contribution in [0.1, 0.15) is 26.3 Å². The molecule has 1 atom stereocenters. The van der Waals surface area contributed by atoms with Gasteiger partial charge in [-0.05, 0) is 26.8 Å². The summed E-state index contributed by atoms with van der Waals surface area (Å²) in [7, 11) is 0. The van der Waals surface area contributed by atoms with Crippen LogP contribution in [0.15, 0.2) is 24.3 Å². The predicted molar refractivity (Wildman–Crippen MR) is 60.8 cm³/mol. The van der Waals surface area contributed by atoms with Gasteiger partial charge in [-0.25, -0.2) is 0 Å². The molecule has 0 bridgehead atoms. The van der Waals surface area contributed by atoms with E-state index in [9.17, 15) is 5.11 Å². The van der Waals surface area contributed by atoms with Crippen molar-refractivity contribution in [2.24, 2.45) is 5.73 Å². The van der Waals surface area contributed by atoms with Crippen LogP contribution in [-0.4, -0.2) is 17.8 Å². The van der Waals surface area contributed by atoms with E-state index in [0.717, 1.165) is 5.56 Å². The number of aliphatic hydroxyl groups is 1. The highest BCUT2D eigenvalue weighted by atomic mass is 16.5. The van der Waals surface area contributed by atoms with Gasteiger partial charge in [-0.3, -0.25) is 0 Å². The molecule has 0 aliphatic carbocycles. The fraction of sp³-hybridized carbons (Fsp3) is 0.500. The van der Waals surface area contributed by atoms with Crippen LogP contribution < -0.4 is 10.5 Å². The van der Waals surface area contributed by atoms with Gasteiger partial charge in [0.05, 0.1) is 6.10 Å². The largest absolute Gasteiger partial charge is 0.491 e. The van der Waals surface area contributed by atoms with Gasteiger partial charge in [0.1, 0.15) is 11.4 Å². The van der Waals surface area contributed by atoms with Gasteiger partial charge < -0.3 is 15.6 Å². The zero-order valence-electron chi connectivity index (χ0n) is 9.53. The Labute approximate surface area is 90.9 Å². The number of hydrogen-bond acceptors (Lipinski definition) is 3. The Kier molecular flexibility index (Phi) is 3.72. The third-order valence-corrected chi connectivity index (χ3v) is 2.23. The van der Waals surface area contributed by atoms with E-state index in [-0.39, 0.29) is 12.6 Å². The number of nitrogens with two attached hydrogens (primary N) is 1. The Morgan fingerprint density at radius 2 is 2.00 bits per heavy atom. The molecule has 1 rings (SSSR count). The molecule has 1 unspecified atom stereocenters. The normalized spacial score (nSPS) is 15.1. The summed E-state index contributed by atoms with van der Waals surface area (Å²) in [4.78, 5) is 0. The van der Waals surface area contributed by atoms with Gasteiger partial charge in [0.25, 0.3) is 0 Å². The quantitative estimate of drug-likeness (QED) is 0.792. The van der Waals surface area contributed by atoms with E-state index in [1.165, 1.54) is 0 Å². The molecular formula is C12H19NO2. The van der Waals surface area contributed by atoms with E-state index in [2.05, 4.69) is 0 Å².